The Hall–Kier alpha value is -3.43. The van der Waals surface area contributed by atoms with Crippen LogP contribution in [0.5, 0.6) is 0 Å². The number of nitrogens with one attached hydrogen (secondary N) is 1. The molecule has 0 spiro atoms. The molecule has 5 rings (SSSR count). The zero-order valence-electron chi connectivity index (χ0n) is 17.8. The van der Waals surface area contributed by atoms with Crippen molar-refractivity contribution < 1.29 is 0 Å². The van der Waals surface area contributed by atoms with Crippen molar-refractivity contribution in [1.82, 2.24) is 4.98 Å². The molecule has 0 amide bonds. The van der Waals surface area contributed by atoms with Crippen molar-refractivity contribution in [1.29, 1.82) is 0 Å². The topological polar surface area (TPSA) is 50.9 Å². The van der Waals surface area contributed by atoms with Crippen molar-refractivity contribution in [3.05, 3.63) is 108 Å². The van der Waals surface area contributed by atoms with Crippen LogP contribution in [0.4, 0.5) is 5.69 Å². The first-order chi connectivity index (χ1) is 15.2. The lowest BCUT2D eigenvalue weighted by atomic mass is 9.92. The van der Waals surface area contributed by atoms with E-state index in [4.69, 9.17) is 10.7 Å². The Balaban J connectivity index is 1.55. The van der Waals surface area contributed by atoms with Gasteiger partial charge in [0.25, 0.3) is 0 Å². The summed E-state index contributed by atoms with van der Waals surface area (Å²) in [5.74, 6) is 0. The maximum absolute atomic E-state index is 6.78. The first-order valence-electron chi connectivity index (χ1n) is 11.0. The van der Waals surface area contributed by atoms with Gasteiger partial charge in [-0.25, -0.2) is 0 Å². The van der Waals surface area contributed by atoms with Crippen LogP contribution in [0.1, 0.15) is 36.2 Å². The van der Waals surface area contributed by atoms with E-state index in [1.54, 1.807) is 0 Å². The Morgan fingerprint density at radius 3 is 2.45 bits per heavy atom. The zero-order valence-corrected chi connectivity index (χ0v) is 17.8. The second-order valence-electron chi connectivity index (χ2n) is 8.30. The molecule has 0 aliphatic carbocycles. The number of benzene rings is 3. The number of nitrogens with zero attached hydrogens (tertiary/aromatic N) is 1. The van der Waals surface area contributed by atoms with Crippen molar-refractivity contribution in [2.75, 3.05) is 5.32 Å². The van der Waals surface area contributed by atoms with Crippen molar-refractivity contribution in [3.63, 3.8) is 0 Å². The minimum atomic E-state index is -0.303. The number of rotatable bonds is 4. The summed E-state index contributed by atoms with van der Waals surface area (Å²) in [6.07, 6.45) is 2.26. The van der Waals surface area contributed by atoms with E-state index < -0.39 is 0 Å². The first kappa shape index (κ1) is 19.5. The molecule has 2 unspecified atom stereocenters. The normalized spacial score (nSPS) is 16.3. The fraction of sp³-hybridized carbons (Fsp3) is 0.179. The van der Waals surface area contributed by atoms with Gasteiger partial charge in [0, 0.05) is 17.3 Å². The monoisotopic (exact) mass is 405 g/mol. The molecule has 1 aliphatic heterocycles. The van der Waals surface area contributed by atoms with Crippen molar-refractivity contribution in [3.8, 4) is 22.4 Å². The smallest absolute Gasteiger partial charge is 0.0732 e. The Morgan fingerprint density at radius 2 is 1.58 bits per heavy atom. The van der Waals surface area contributed by atoms with Gasteiger partial charge >= 0.3 is 0 Å². The highest BCUT2D eigenvalue weighted by Gasteiger charge is 2.20. The van der Waals surface area contributed by atoms with Crippen LogP contribution >= 0.6 is 0 Å². The second kappa shape index (κ2) is 8.37. The van der Waals surface area contributed by atoms with Gasteiger partial charge in [-0.15, -0.1) is 0 Å². The maximum Gasteiger partial charge on any atom is 0.0732 e. The van der Waals surface area contributed by atoms with E-state index in [0.29, 0.717) is 6.04 Å². The maximum atomic E-state index is 6.78. The van der Waals surface area contributed by atoms with Crippen LogP contribution in [0, 0.1) is 0 Å². The van der Waals surface area contributed by atoms with Gasteiger partial charge in [-0.05, 0) is 54.2 Å². The number of anilines is 1. The Bertz CT molecular complexity index is 1200. The molecule has 31 heavy (non-hydrogen) atoms. The molecule has 1 aliphatic rings. The van der Waals surface area contributed by atoms with Crippen LogP contribution in [0.2, 0.25) is 0 Å². The quantitative estimate of drug-likeness (QED) is 0.424. The summed E-state index contributed by atoms with van der Waals surface area (Å²) in [5.41, 5.74) is 15.7. The summed E-state index contributed by atoms with van der Waals surface area (Å²) in [4.78, 5) is 5.02. The number of hydrogen-bond donors (Lipinski definition) is 2. The number of fused-ring (bicyclic) bond motifs is 1. The number of hydrogen-bond acceptors (Lipinski definition) is 3. The molecule has 0 saturated carbocycles. The van der Waals surface area contributed by atoms with E-state index in [1.165, 1.54) is 16.8 Å². The number of pyridine rings is 1. The van der Waals surface area contributed by atoms with E-state index >= 15 is 0 Å². The standard InChI is InChI=1S/C28H27N3/c1-19-17-18-21-11-7-14-24(28(21)30-19)25-15-8-16-26(31-25)27(29)23-13-6-5-12-22(23)20-9-3-2-4-10-20/h2-16,19,27,30H,17-18,29H2,1H3. The molecule has 3 nitrogen and oxygen atoms in total. The van der Waals surface area contributed by atoms with E-state index in [-0.39, 0.29) is 6.04 Å². The Kier molecular flexibility index (Phi) is 5.27. The molecule has 2 atom stereocenters. The average Bonchev–Trinajstić information content (AvgIpc) is 2.84. The molecule has 0 radical (unpaired) electrons. The van der Waals surface area contributed by atoms with Gasteiger partial charge in [-0.2, -0.15) is 0 Å². The molecule has 3 heteroatoms. The number of aromatic nitrogens is 1. The number of aryl methyl sites for hydroxylation is 1. The van der Waals surface area contributed by atoms with Crippen LogP contribution in [0.25, 0.3) is 22.4 Å². The van der Waals surface area contributed by atoms with Gasteiger partial charge in [-0.3, -0.25) is 4.98 Å². The van der Waals surface area contributed by atoms with Crippen molar-refractivity contribution >= 4 is 5.69 Å². The lowest BCUT2D eigenvalue weighted by Gasteiger charge is -2.26. The Labute approximate surface area is 184 Å². The van der Waals surface area contributed by atoms with Crippen LogP contribution in [0.3, 0.4) is 0 Å². The molecular weight excluding hydrogens is 378 g/mol. The highest BCUT2D eigenvalue weighted by molar-refractivity contribution is 5.79. The molecule has 0 saturated heterocycles. The SMILES string of the molecule is CC1CCc2cccc(-c3cccc(C(N)c4ccccc4-c4ccccc4)n3)c2N1. The summed E-state index contributed by atoms with van der Waals surface area (Å²) in [7, 11) is 0. The fourth-order valence-corrected chi connectivity index (χ4v) is 4.47. The fourth-order valence-electron chi connectivity index (χ4n) is 4.47. The zero-order chi connectivity index (χ0) is 21.2. The van der Waals surface area contributed by atoms with Crippen molar-refractivity contribution in [2.24, 2.45) is 5.73 Å². The third kappa shape index (κ3) is 3.85. The van der Waals surface area contributed by atoms with Gasteiger partial charge in [-0.1, -0.05) is 78.9 Å². The lowest BCUT2D eigenvalue weighted by molar-refractivity contribution is 0.681. The molecule has 4 aromatic rings. The molecule has 2 heterocycles. The molecular formula is C28H27N3. The van der Waals surface area contributed by atoms with E-state index in [9.17, 15) is 0 Å². The van der Waals surface area contributed by atoms with Gasteiger partial charge in [0.05, 0.1) is 17.4 Å². The third-order valence-corrected chi connectivity index (χ3v) is 6.13. The van der Waals surface area contributed by atoms with Gasteiger partial charge in [0.2, 0.25) is 0 Å². The van der Waals surface area contributed by atoms with Crippen LogP contribution in [-0.4, -0.2) is 11.0 Å². The summed E-state index contributed by atoms with van der Waals surface area (Å²) < 4.78 is 0. The van der Waals surface area contributed by atoms with Gasteiger partial charge in [0.15, 0.2) is 0 Å². The molecule has 154 valence electrons. The van der Waals surface area contributed by atoms with Gasteiger partial charge < -0.3 is 11.1 Å². The number of nitrogens with two attached hydrogens (primary N) is 1. The van der Waals surface area contributed by atoms with Crippen LogP contribution < -0.4 is 11.1 Å². The van der Waals surface area contributed by atoms with Crippen molar-refractivity contribution in [2.45, 2.75) is 31.8 Å². The molecule has 3 aromatic carbocycles. The van der Waals surface area contributed by atoms with E-state index in [1.807, 2.05) is 18.2 Å². The molecule has 0 bridgehead atoms. The van der Waals surface area contributed by atoms with E-state index in [2.05, 4.69) is 85.0 Å². The summed E-state index contributed by atoms with van der Waals surface area (Å²) in [6, 6.07) is 31.6. The number of para-hydroxylation sites is 1. The average molecular weight is 406 g/mol. The summed E-state index contributed by atoms with van der Waals surface area (Å²) in [6.45, 7) is 2.24. The summed E-state index contributed by atoms with van der Waals surface area (Å²) in [5, 5.41) is 3.67. The predicted molar refractivity (Wildman–Crippen MR) is 129 cm³/mol. The van der Waals surface area contributed by atoms with Gasteiger partial charge in [0.1, 0.15) is 0 Å². The minimum absolute atomic E-state index is 0.303. The predicted octanol–water partition coefficient (Wildman–Crippen LogP) is 6.21. The lowest BCUT2D eigenvalue weighted by Crippen LogP contribution is -2.22. The highest BCUT2D eigenvalue weighted by atomic mass is 14.9. The minimum Gasteiger partial charge on any atom is -0.382 e. The Morgan fingerprint density at radius 1 is 0.839 bits per heavy atom. The highest BCUT2D eigenvalue weighted by Crippen LogP contribution is 2.36. The third-order valence-electron chi connectivity index (χ3n) is 6.13. The van der Waals surface area contributed by atoms with Crippen LogP contribution in [-0.2, 0) is 6.42 Å². The molecule has 1 aromatic heterocycles. The van der Waals surface area contributed by atoms with Crippen LogP contribution in [0.15, 0.2) is 91.0 Å². The van der Waals surface area contributed by atoms with E-state index in [0.717, 1.165) is 40.9 Å². The second-order valence-corrected chi connectivity index (χ2v) is 8.30. The largest absolute Gasteiger partial charge is 0.382 e. The molecule has 0 fully saturated rings. The first-order valence-corrected chi connectivity index (χ1v) is 11.0. The summed E-state index contributed by atoms with van der Waals surface area (Å²) >= 11 is 0. The molecule has 3 N–H and O–H groups in total.